The van der Waals surface area contributed by atoms with E-state index in [4.69, 9.17) is 4.74 Å². The molecule has 3 nitrogen and oxygen atoms in total. The first kappa shape index (κ1) is 14.2. The van der Waals surface area contributed by atoms with Crippen molar-refractivity contribution in [3.8, 4) is 11.1 Å². The zero-order valence-electron chi connectivity index (χ0n) is 12.5. The lowest BCUT2D eigenvalue weighted by Gasteiger charge is -2.20. The zero-order valence-corrected chi connectivity index (χ0v) is 12.5. The molecule has 3 rings (SSSR count). The molecule has 0 N–H and O–H groups in total. The summed E-state index contributed by atoms with van der Waals surface area (Å²) in [5.41, 5.74) is 3.75. The van der Waals surface area contributed by atoms with Crippen LogP contribution in [0.4, 0.5) is 0 Å². The molecular weight excluding hydrogens is 260 g/mol. The van der Waals surface area contributed by atoms with E-state index in [2.05, 4.69) is 47.3 Å². The third-order valence-electron chi connectivity index (χ3n) is 3.97. The minimum atomic E-state index is 0.691. The molecule has 110 valence electrons. The summed E-state index contributed by atoms with van der Waals surface area (Å²) in [5.74, 6) is 0.691. The molecule has 1 saturated heterocycles. The number of hydrogen-bond acceptors (Lipinski definition) is 3. The van der Waals surface area contributed by atoms with E-state index in [-0.39, 0.29) is 0 Å². The summed E-state index contributed by atoms with van der Waals surface area (Å²) in [6, 6.07) is 12.8. The summed E-state index contributed by atoms with van der Waals surface area (Å²) < 4.78 is 5.45. The normalized spacial score (nSPS) is 18.3. The maximum absolute atomic E-state index is 5.45. The molecule has 0 aliphatic carbocycles. The van der Waals surface area contributed by atoms with Gasteiger partial charge in [-0.3, -0.25) is 4.98 Å². The van der Waals surface area contributed by atoms with Gasteiger partial charge in [0.15, 0.2) is 0 Å². The molecule has 1 aliphatic rings. The van der Waals surface area contributed by atoms with Crippen molar-refractivity contribution in [3.63, 3.8) is 0 Å². The lowest BCUT2D eigenvalue weighted by atomic mass is 10.0. The first-order valence-electron chi connectivity index (χ1n) is 7.57. The first-order valence-corrected chi connectivity index (χ1v) is 7.57. The maximum atomic E-state index is 5.45. The molecule has 0 bridgehead atoms. The van der Waals surface area contributed by atoms with Gasteiger partial charge in [-0.25, -0.2) is 0 Å². The lowest BCUT2D eigenvalue weighted by Crippen LogP contribution is -2.25. The average molecular weight is 282 g/mol. The largest absolute Gasteiger partial charge is 0.381 e. The Morgan fingerprint density at radius 3 is 2.90 bits per heavy atom. The minimum absolute atomic E-state index is 0.691. The Labute approximate surface area is 126 Å². The Bertz CT molecular complexity index is 564. The monoisotopic (exact) mass is 282 g/mol. The second-order valence-corrected chi connectivity index (χ2v) is 5.87. The van der Waals surface area contributed by atoms with E-state index < -0.39 is 0 Å². The molecule has 0 saturated carbocycles. The number of pyridine rings is 1. The van der Waals surface area contributed by atoms with Gasteiger partial charge in [0.25, 0.3) is 0 Å². The molecule has 1 aliphatic heterocycles. The lowest BCUT2D eigenvalue weighted by molar-refractivity contribution is 0.173. The Morgan fingerprint density at radius 1 is 1.24 bits per heavy atom. The van der Waals surface area contributed by atoms with Crippen molar-refractivity contribution < 1.29 is 4.74 Å². The van der Waals surface area contributed by atoms with Crippen LogP contribution < -0.4 is 0 Å². The second-order valence-electron chi connectivity index (χ2n) is 5.87. The number of rotatable bonds is 5. The highest BCUT2D eigenvalue weighted by atomic mass is 16.5. The van der Waals surface area contributed by atoms with Crippen LogP contribution in [0.3, 0.4) is 0 Å². The van der Waals surface area contributed by atoms with Crippen molar-refractivity contribution in [1.82, 2.24) is 9.88 Å². The van der Waals surface area contributed by atoms with Crippen molar-refractivity contribution in [1.29, 1.82) is 0 Å². The summed E-state index contributed by atoms with van der Waals surface area (Å²) >= 11 is 0. The van der Waals surface area contributed by atoms with Crippen LogP contribution in [0.5, 0.6) is 0 Å². The van der Waals surface area contributed by atoms with Gasteiger partial charge in [-0.05, 0) is 48.2 Å². The Kier molecular flexibility index (Phi) is 4.63. The van der Waals surface area contributed by atoms with Crippen molar-refractivity contribution in [3.05, 3.63) is 54.4 Å². The van der Waals surface area contributed by atoms with Crippen LogP contribution in [0.1, 0.15) is 12.0 Å². The third kappa shape index (κ3) is 3.90. The summed E-state index contributed by atoms with van der Waals surface area (Å²) in [5, 5.41) is 0. The molecule has 0 spiro atoms. The summed E-state index contributed by atoms with van der Waals surface area (Å²) in [4.78, 5) is 6.59. The smallest absolute Gasteiger partial charge is 0.0507 e. The molecule has 1 fully saturated rings. The van der Waals surface area contributed by atoms with E-state index in [0.717, 1.165) is 26.3 Å². The van der Waals surface area contributed by atoms with E-state index >= 15 is 0 Å². The number of nitrogens with zero attached hydrogens (tertiary/aromatic N) is 2. The molecule has 1 aromatic heterocycles. The van der Waals surface area contributed by atoms with Crippen LogP contribution in [0.25, 0.3) is 11.1 Å². The van der Waals surface area contributed by atoms with E-state index in [1.54, 1.807) is 0 Å². The number of benzene rings is 1. The van der Waals surface area contributed by atoms with Crippen LogP contribution in [0, 0.1) is 5.92 Å². The quantitative estimate of drug-likeness (QED) is 0.842. The fourth-order valence-corrected chi connectivity index (χ4v) is 2.93. The van der Waals surface area contributed by atoms with Crippen molar-refractivity contribution >= 4 is 0 Å². The molecule has 1 aromatic carbocycles. The van der Waals surface area contributed by atoms with Crippen LogP contribution in [-0.2, 0) is 11.3 Å². The molecule has 3 heteroatoms. The maximum Gasteiger partial charge on any atom is 0.0507 e. The van der Waals surface area contributed by atoms with Gasteiger partial charge in [-0.1, -0.05) is 24.3 Å². The number of aromatic nitrogens is 1. The Hall–Kier alpha value is -1.71. The van der Waals surface area contributed by atoms with Gasteiger partial charge < -0.3 is 9.64 Å². The predicted octanol–water partition coefficient (Wildman–Crippen LogP) is 3.22. The minimum Gasteiger partial charge on any atom is -0.381 e. The molecule has 0 unspecified atom stereocenters. The molecule has 21 heavy (non-hydrogen) atoms. The Balaban J connectivity index is 1.65. The van der Waals surface area contributed by atoms with Crippen LogP contribution in [0.15, 0.2) is 48.8 Å². The topological polar surface area (TPSA) is 25.4 Å². The molecule has 0 radical (unpaired) electrons. The van der Waals surface area contributed by atoms with Gasteiger partial charge in [0.2, 0.25) is 0 Å². The van der Waals surface area contributed by atoms with Gasteiger partial charge in [-0.15, -0.1) is 0 Å². The highest BCUT2D eigenvalue weighted by Gasteiger charge is 2.17. The number of hydrogen-bond donors (Lipinski definition) is 0. The predicted molar refractivity (Wildman–Crippen MR) is 84.9 cm³/mol. The van der Waals surface area contributed by atoms with Crippen LogP contribution in [0.2, 0.25) is 0 Å². The highest BCUT2D eigenvalue weighted by molar-refractivity contribution is 5.62. The number of ether oxygens (including phenoxy) is 1. The van der Waals surface area contributed by atoms with Crippen molar-refractivity contribution in [2.75, 3.05) is 26.8 Å². The zero-order chi connectivity index (χ0) is 14.5. The molecule has 2 heterocycles. The third-order valence-corrected chi connectivity index (χ3v) is 3.97. The standard InChI is InChI=1S/C18H22N2O/c1-20(13-16-7-9-21-14-16)12-15-4-2-5-17(10-15)18-6-3-8-19-11-18/h2-6,8,10-11,16H,7,9,12-14H2,1H3/t16-/m0/s1. The molecule has 0 amide bonds. The van der Waals surface area contributed by atoms with E-state index in [9.17, 15) is 0 Å². The van der Waals surface area contributed by atoms with Gasteiger partial charge in [0.1, 0.15) is 0 Å². The fraction of sp³-hybridized carbons (Fsp3) is 0.389. The van der Waals surface area contributed by atoms with Gasteiger partial charge in [-0.2, -0.15) is 0 Å². The fourth-order valence-electron chi connectivity index (χ4n) is 2.93. The second kappa shape index (κ2) is 6.83. The van der Waals surface area contributed by atoms with Gasteiger partial charge in [0, 0.05) is 32.1 Å². The molecule has 1 atom stereocenters. The van der Waals surface area contributed by atoms with Crippen LogP contribution in [-0.4, -0.2) is 36.7 Å². The van der Waals surface area contributed by atoms with E-state index in [1.165, 1.54) is 23.1 Å². The summed E-state index contributed by atoms with van der Waals surface area (Å²) in [7, 11) is 2.19. The van der Waals surface area contributed by atoms with Crippen molar-refractivity contribution in [2.24, 2.45) is 5.92 Å². The van der Waals surface area contributed by atoms with E-state index in [0.29, 0.717) is 5.92 Å². The molecule has 2 aromatic rings. The Morgan fingerprint density at radius 2 is 2.14 bits per heavy atom. The van der Waals surface area contributed by atoms with Gasteiger partial charge in [0.05, 0.1) is 6.61 Å². The van der Waals surface area contributed by atoms with Crippen molar-refractivity contribution in [2.45, 2.75) is 13.0 Å². The van der Waals surface area contributed by atoms with Gasteiger partial charge >= 0.3 is 0 Å². The molecular formula is C18H22N2O. The summed E-state index contributed by atoms with van der Waals surface area (Å²) in [6.07, 6.45) is 4.92. The SMILES string of the molecule is CN(Cc1cccc(-c2cccnc2)c1)C[C@@H]1CCOC1. The van der Waals surface area contributed by atoms with Crippen LogP contribution >= 0.6 is 0 Å². The average Bonchev–Trinajstić information content (AvgIpc) is 3.01. The van der Waals surface area contributed by atoms with E-state index in [1.807, 2.05) is 18.5 Å². The summed E-state index contributed by atoms with van der Waals surface area (Å²) in [6.45, 7) is 3.93. The highest BCUT2D eigenvalue weighted by Crippen LogP contribution is 2.20. The first-order chi connectivity index (χ1) is 10.3.